The summed E-state index contributed by atoms with van der Waals surface area (Å²) in [5, 5.41) is 8.74. The van der Waals surface area contributed by atoms with E-state index in [4.69, 9.17) is 5.11 Å². The van der Waals surface area contributed by atoms with Crippen molar-refractivity contribution in [3.63, 3.8) is 0 Å². The molecule has 1 N–H and O–H groups in total. The van der Waals surface area contributed by atoms with Crippen LogP contribution in [0.1, 0.15) is 25.8 Å². The number of hydrogen-bond acceptors (Lipinski definition) is 3. The van der Waals surface area contributed by atoms with Gasteiger partial charge in [0.15, 0.2) is 0 Å². The van der Waals surface area contributed by atoms with Crippen molar-refractivity contribution in [3.05, 3.63) is 35.9 Å². The second-order valence-electron chi connectivity index (χ2n) is 4.39. The quantitative estimate of drug-likeness (QED) is 0.802. The zero-order valence-electron chi connectivity index (χ0n) is 10.8. The van der Waals surface area contributed by atoms with Crippen LogP contribution in [-0.2, 0) is 16.1 Å². The first kappa shape index (κ1) is 14.4. The van der Waals surface area contributed by atoms with Gasteiger partial charge in [-0.1, -0.05) is 30.3 Å². The number of carboxylic acid groups (broad SMARTS) is 1. The number of carboxylic acids is 1. The van der Waals surface area contributed by atoms with Crippen molar-refractivity contribution in [1.82, 2.24) is 4.90 Å². The molecule has 4 nitrogen and oxygen atoms in total. The highest BCUT2D eigenvalue weighted by Gasteiger charge is 2.18. The van der Waals surface area contributed by atoms with Gasteiger partial charge in [-0.05, 0) is 19.4 Å². The molecule has 0 saturated carbocycles. The highest BCUT2D eigenvalue weighted by atomic mass is 16.4. The number of ketones is 1. The summed E-state index contributed by atoms with van der Waals surface area (Å²) in [6.45, 7) is 4.32. The molecule has 0 amide bonds. The Labute approximate surface area is 107 Å². The summed E-state index contributed by atoms with van der Waals surface area (Å²) in [5.41, 5.74) is 1.08. The Morgan fingerprint density at radius 3 is 2.39 bits per heavy atom. The summed E-state index contributed by atoms with van der Waals surface area (Å²) in [5.74, 6) is -0.792. The molecule has 0 fully saturated rings. The van der Waals surface area contributed by atoms with E-state index in [-0.39, 0.29) is 18.2 Å². The lowest BCUT2D eigenvalue weighted by molar-refractivity contribution is -0.138. The lowest BCUT2D eigenvalue weighted by Crippen LogP contribution is -2.38. The van der Waals surface area contributed by atoms with Gasteiger partial charge in [-0.25, -0.2) is 0 Å². The molecule has 0 aromatic heterocycles. The summed E-state index contributed by atoms with van der Waals surface area (Å²) in [4.78, 5) is 24.0. The van der Waals surface area contributed by atoms with Gasteiger partial charge in [0.25, 0.3) is 0 Å². The SMILES string of the molecule is CC(=O)C(C)N(CCC(=O)O)Cc1ccccc1. The van der Waals surface area contributed by atoms with Gasteiger partial charge < -0.3 is 5.11 Å². The van der Waals surface area contributed by atoms with Crippen molar-refractivity contribution in [3.8, 4) is 0 Å². The molecular formula is C14H19NO3. The van der Waals surface area contributed by atoms with Gasteiger partial charge in [-0.2, -0.15) is 0 Å². The maximum absolute atomic E-state index is 11.4. The zero-order valence-corrected chi connectivity index (χ0v) is 10.8. The molecule has 0 spiro atoms. The van der Waals surface area contributed by atoms with Crippen LogP contribution in [0, 0.1) is 0 Å². The van der Waals surface area contributed by atoms with E-state index in [1.807, 2.05) is 42.2 Å². The summed E-state index contributed by atoms with van der Waals surface area (Å²) < 4.78 is 0. The van der Waals surface area contributed by atoms with Gasteiger partial charge in [0.05, 0.1) is 12.5 Å². The number of rotatable bonds is 7. The van der Waals surface area contributed by atoms with Crippen molar-refractivity contribution in [2.75, 3.05) is 6.54 Å². The van der Waals surface area contributed by atoms with Crippen LogP contribution in [0.25, 0.3) is 0 Å². The molecule has 1 rings (SSSR count). The van der Waals surface area contributed by atoms with E-state index in [1.54, 1.807) is 0 Å². The third kappa shape index (κ3) is 4.67. The minimum absolute atomic E-state index is 0.0461. The number of benzene rings is 1. The smallest absolute Gasteiger partial charge is 0.304 e. The van der Waals surface area contributed by atoms with Crippen molar-refractivity contribution in [1.29, 1.82) is 0 Å². The Bertz CT molecular complexity index is 403. The molecule has 1 aromatic rings. The normalized spacial score (nSPS) is 12.4. The van der Waals surface area contributed by atoms with Crippen molar-refractivity contribution in [2.45, 2.75) is 32.9 Å². The number of Topliss-reactive ketones (excluding diaryl/α,β-unsaturated/α-hetero) is 1. The van der Waals surface area contributed by atoms with Crippen LogP contribution in [0.4, 0.5) is 0 Å². The van der Waals surface area contributed by atoms with Gasteiger partial charge >= 0.3 is 5.97 Å². The number of carbonyl (C=O) groups excluding carboxylic acids is 1. The Kier molecular flexibility index (Phi) is 5.52. The van der Waals surface area contributed by atoms with E-state index >= 15 is 0 Å². The van der Waals surface area contributed by atoms with E-state index in [0.717, 1.165) is 5.56 Å². The number of aliphatic carboxylic acids is 1. The largest absolute Gasteiger partial charge is 0.481 e. The van der Waals surface area contributed by atoms with Crippen molar-refractivity contribution < 1.29 is 14.7 Å². The topological polar surface area (TPSA) is 57.6 Å². The molecule has 1 atom stereocenters. The molecule has 1 unspecified atom stereocenters. The van der Waals surface area contributed by atoms with Gasteiger partial charge in [-0.3, -0.25) is 14.5 Å². The molecule has 0 aliphatic carbocycles. The predicted molar refractivity (Wildman–Crippen MR) is 69.2 cm³/mol. The summed E-state index contributed by atoms with van der Waals surface area (Å²) >= 11 is 0. The molecular weight excluding hydrogens is 230 g/mol. The third-order valence-corrected chi connectivity index (χ3v) is 2.98. The lowest BCUT2D eigenvalue weighted by Gasteiger charge is -2.26. The predicted octanol–water partition coefficient (Wildman–Crippen LogP) is 1.94. The molecule has 0 heterocycles. The Hall–Kier alpha value is -1.68. The molecule has 0 radical (unpaired) electrons. The van der Waals surface area contributed by atoms with Gasteiger partial charge in [-0.15, -0.1) is 0 Å². The van der Waals surface area contributed by atoms with Crippen molar-refractivity contribution in [2.24, 2.45) is 0 Å². The minimum atomic E-state index is -0.844. The molecule has 1 aromatic carbocycles. The average Bonchev–Trinajstić information content (AvgIpc) is 2.34. The summed E-state index contributed by atoms with van der Waals surface area (Å²) in [6.07, 6.45) is 0.0461. The fourth-order valence-corrected chi connectivity index (χ4v) is 1.72. The maximum Gasteiger partial charge on any atom is 0.304 e. The van der Waals surface area contributed by atoms with E-state index in [9.17, 15) is 9.59 Å². The molecule has 18 heavy (non-hydrogen) atoms. The minimum Gasteiger partial charge on any atom is -0.481 e. The van der Waals surface area contributed by atoms with Crippen LogP contribution in [0.3, 0.4) is 0 Å². The van der Waals surface area contributed by atoms with Crippen LogP contribution in [0.15, 0.2) is 30.3 Å². The molecule has 0 bridgehead atoms. The maximum atomic E-state index is 11.4. The fraction of sp³-hybridized carbons (Fsp3) is 0.429. The van der Waals surface area contributed by atoms with E-state index < -0.39 is 5.97 Å². The van der Waals surface area contributed by atoms with Crippen LogP contribution < -0.4 is 0 Å². The monoisotopic (exact) mass is 249 g/mol. The number of hydrogen-bond donors (Lipinski definition) is 1. The first-order valence-corrected chi connectivity index (χ1v) is 6.01. The molecule has 0 aliphatic rings. The molecule has 98 valence electrons. The first-order valence-electron chi connectivity index (χ1n) is 6.01. The molecule has 4 heteroatoms. The van der Waals surface area contributed by atoms with Crippen LogP contribution in [-0.4, -0.2) is 34.3 Å². The zero-order chi connectivity index (χ0) is 13.5. The summed E-state index contributed by atoms with van der Waals surface area (Å²) in [6, 6.07) is 9.48. The lowest BCUT2D eigenvalue weighted by atomic mass is 10.1. The first-order chi connectivity index (χ1) is 8.50. The van der Waals surface area contributed by atoms with E-state index in [2.05, 4.69) is 0 Å². The van der Waals surface area contributed by atoms with Crippen molar-refractivity contribution >= 4 is 11.8 Å². The van der Waals surface area contributed by atoms with Gasteiger partial charge in [0.2, 0.25) is 0 Å². The molecule has 0 saturated heterocycles. The second kappa shape index (κ2) is 6.91. The average molecular weight is 249 g/mol. The van der Waals surface area contributed by atoms with Crippen LogP contribution in [0.5, 0.6) is 0 Å². The molecule has 0 aliphatic heterocycles. The standard InChI is InChI=1S/C14H19NO3/c1-11(12(2)16)15(9-8-14(17)18)10-13-6-4-3-5-7-13/h3-7,11H,8-10H2,1-2H3,(H,17,18). The van der Waals surface area contributed by atoms with E-state index in [1.165, 1.54) is 6.92 Å². The summed E-state index contributed by atoms with van der Waals surface area (Å²) in [7, 11) is 0. The highest BCUT2D eigenvalue weighted by Crippen LogP contribution is 2.09. The third-order valence-electron chi connectivity index (χ3n) is 2.98. The van der Waals surface area contributed by atoms with Gasteiger partial charge in [0, 0.05) is 13.1 Å². The second-order valence-corrected chi connectivity index (χ2v) is 4.39. The Balaban J connectivity index is 2.71. The van der Waals surface area contributed by atoms with Gasteiger partial charge in [0.1, 0.15) is 5.78 Å². The fourth-order valence-electron chi connectivity index (χ4n) is 1.72. The highest BCUT2D eigenvalue weighted by molar-refractivity contribution is 5.81. The Morgan fingerprint density at radius 2 is 1.89 bits per heavy atom. The number of nitrogens with zero attached hydrogens (tertiary/aromatic N) is 1. The Morgan fingerprint density at radius 1 is 1.28 bits per heavy atom. The number of carbonyl (C=O) groups is 2. The van der Waals surface area contributed by atoms with Crippen LogP contribution in [0.2, 0.25) is 0 Å². The van der Waals surface area contributed by atoms with E-state index in [0.29, 0.717) is 13.1 Å². The van der Waals surface area contributed by atoms with Crippen LogP contribution >= 0.6 is 0 Å².